The molecule has 5 rings (SSSR count). The number of aliphatic carboxylic acids is 1. The molecule has 2 fully saturated rings. The molecule has 0 radical (unpaired) electrons. The van der Waals surface area contributed by atoms with Crippen LogP contribution >= 0.6 is 0 Å². The number of benzene rings is 1. The number of carbonyl (C=O) groups is 2. The molecule has 38 heavy (non-hydrogen) atoms. The van der Waals surface area contributed by atoms with Crippen LogP contribution in [0.1, 0.15) is 28.9 Å². The van der Waals surface area contributed by atoms with E-state index in [4.69, 9.17) is 14.6 Å². The summed E-state index contributed by atoms with van der Waals surface area (Å²) in [5, 5.41) is 10.2. The minimum Gasteiger partial charge on any atom is -0.475 e. The van der Waals surface area contributed by atoms with Gasteiger partial charge in [-0.25, -0.2) is 14.8 Å². The van der Waals surface area contributed by atoms with Gasteiger partial charge in [0, 0.05) is 55.0 Å². The standard InChI is InChI=1S/C24H27N5O2.C2HF3O2/c1-17-3-2-4-21(11-17)27-23(30)22-12-19(16-29(22)15-18-5-6-18)20-13-25-24(26-14-20)28-7-9-31-10-8-28;3-2(4,5)1(6)7/h2-4,11-14,16,18H,5-10,15H2,1H3,(H,27,30);(H,6,7). The summed E-state index contributed by atoms with van der Waals surface area (Å²) < 4.78 is 39.2. The predicted octanol–water partition coefficient (Wildman–Crippen LogP) is 4.39. The smallest absolute Gasteiger partial charge is 0.475 e. The molecule has 0 bridgehead atoms. The first-order valence-corrected chi connectivity index (χ1v) is 12.1. The van der Waals surface area contributed by atoms with Gasteiger partial charge in [0.1, 0.15) is 5.69 Å². The summed E-state index contributed by atoms with van der Waals surface area (Å²) in [6.07, 6.45) is 3.11. The van der Waals surface area contributed by atoms with E-state index in [2.05, 4.69) is 30.9 Å². The van der Waals surface area contributed by atoms with Crippen molar-refractivity contribution in [1.82, 2.24) is 14.5 Å². The van der Waals surface area contributed by atoms with Crippen molar-refractivity contribution in [3.05, 3.63) is 60.2 Å². The van der Waals surface area contributed by atoms with E-state index in [0.717, 1.165) is 48.0 Å². The summed E-state index contributed by atoms with van der Waals surface area (Å²) in [4.78, 5) is 33.2. The van der Waals surface area contributed by atoms with Crippen molar-refractivity contribution in [2.45, 2.75) is 32.5 Å². The van der Waals surface area contributed by atoms with Gasteiger partial charge in [0.15, 0.2) is 0 Å². The summed E-state index contributed by atoms with van der Waals surface area (Å²) in [5.74, 6) is -1.47. The molecule has 1 saturated heterocycles. The van der Waals surface area contributed by atoms with Crippen LogP contribution < -0.4 is 10.2 Å². The van der Waals surface area contributed by atoms with Gasteiger partial charge in [-0.15, -0.1) is 0 Å². The van der Waals surface area contributed by atoms with Crippen LogP contribution in [0.3, 0.4) is 0 Å². The first kappa shape index (κ1) is 27.1. The molecule has 2 N–H and O–H groups in total. The van der Waals surface area contributed by atoms with E-state index in [1.807, 2.05) is 49.6 Å². The molecule has 1 aliphatic carbocycles. The number of morpholine rings is 1. The predicted molar refractivity (Wildman–Crippen MR) is 134 cm³/mol. The number of amides is 1. The van der Waals surface area contributed by atoms with E-state index < -0.39 is 12.1 Å². The highest BCUT2D eigenvalue weighted by molar-refractivity contribution is 6.04. The van der Waals surface area contributed by atoms with Gasteiger partial charge in [-0.1, -0.05) is 12.1 Å². The highest BCUT2D eigenvalue weighted by Gasteiger charge is 2.38. The number of rotatable bonds is 6. The Kier molecular flexibility index (Phi) is 8.30. The number of carbonyl (C=O) groups excluding carboxylic acids is 1. The fraction of sp³-hybridized carbons (Fsp3) is 0.385. The number of carboxylic acids is 1. The van der Waals surface area contributed by atoms with Crippen molar-refractivity contribution in [2.24, 2.45) is 5.92 Å². The number of aryl methyl sites for hydroxylation is 1. The molecule has 2 aliphatic rings. The third kappa shape index (κ3) is 7.31. The molecule has 0 unspecified atom stereocenters. The highest BCUT2D eigenvalue weighted by Crippen LogP contribution is 2.33. The Hall–Kier alpha value is -3.93. The molecule has 12 heteroatoms. The topological polar surface area (TPSA) is 110 Å². The number of carboxylic acid groups (broad SMARTS) is 1. The highest BCUT2D eigenvalue weighted by atomic mass is 19.4. The second-order valence-electron chi connectivity index (χ2n) is 9.21. The van der Waals surface area contributed by atoms with Crippen molar-refractivity contribution in [2.75, 3.05) is 36.5 Å². The van der Waals surface area contributed by atoms with E-state index in [1.54, 1.807) is 0 Å². The number of halogens is 3. The first-order valence-electron chi connectivity index (χ1n) is 12.1. The van der Waals surface area contributed by atoms with Gasteiger partial charge >= 0.3 is 12.1 Å². The molecule has 202 valence electrons. The average molecular weight is 532 g/mol. The van der Waals surface area contributed by atoms with E-state index in [1.165, 1.54) is 12.8 Å². The van der Waals surface area contributed by atoms with Crippen molar-refractivity contribution >= 4 is 23.5 Å². The maximum atomic E-state index is 13.1. The Balaban J connectivity index is 0.000000426. The molecular weight excluding hydrogens is 503 g/mol. The number of hydrogen-bond donors (Lipinski definition) is 2. The zero-order chi connectivity index (χ0) is 27.3. The lowest BCUT2D eigenvalue weighted by Crippen LogP contribution is -2.37. The maximum Gasteiger partial charge on any atom is 0.490 e. The minimum atomic E-state index is -5.08. The van der Waals surface area contributed by atoms with Gasteiger partial charge in [-0.2, -0.15) is 13.2 Å². The van der Waals surface area contributed by atoms with E-state index in [-0.39, 0.29) is 5.91 Å². The van der Waals surface area contributed by atoms with Gasteiger partial charge in [-0.05, 0) is 49.4 Å². The van der Waals surface area contributed by atoms with E-state index in [9.17, 15) is 18.0 Å². The maximum absolute atomic E-state index is 13.1. The summed E-state index contributed by atoms with van der Waals surface area (Å²) >= 11 is 0. The van der Waals surface area contributed by atoms with Gasteiger partial charge < -0.3 is 24.6 Å². The van der Waals surface area contributed by atoms with Crippen molar-refractivity contribution in [3.63, 3.8) is 0 Å². The quantitative estimate of drug-likeness (QED) is 0.486. The van der Waals surface area contributed by atoms with Gasteiger partial charge in [0.25, 0.3) is 5.91 Å². The summed E-state index contributed by atoms with van der Waals surface area (Å²) in [7, 11) is 0. The molecule has 2 aromatic heterocycles. The summed E-state index contributed by atoms with van der Waals surface area (Å²) in [6.45, 7) is 5.90. The van der Waals surface area contributed by atoms with Crippen LogP contribution in [0.2, 0.25) is 0 Å². The largest absolute Gasteiger partial charge is 0.490 e. The molecule has 1 amide bonds. The second kappa shape index (κ2) is 11.6. The normalized spacial score (nSPS) is 15.4. The van der Waals surface area contributed by atoms with Gasteiger partial charge in [0.05, 0.1) is 13.2 Å². The zero-order valence-electron chi connectivity index (χ0n) is 20.7. The van der Waals surface area contributed by atoms with Gasteiger partial charge in [0.2, 0.25) is 5.95 Å². The Morgan fingerprint density at radius 3 is 2.34 bits per heavy atom. The molecule has 9 nitrogen and oxygen atoms in total. The van der Waals surface area contributed by atoms with Gasteiger partial charge in [-0.3, -0.25) is 4.79 Å². The number of ether oxygens (including phenoxy) is 1. The Labute approximate surface area is 217 Å². The molecule has 1 aliphatic heterocycles. The van der Waals surface area contributed by atoms with Crippen LogP contribution in [0.4, 0.5) is 24.8 Å². The van der Waals surface area contributed by atoms with Crippen LogP contribution in [0.15, 0.2) is 48.9 Å². The number of alkyl halides is 3. The van der Waals surface area contributed by atoms with Crippen molar-refractivity contribution < 1.29 is 32.6 Å². The molecule has 0 spiro atoms. The summed E-state index contributed by atoms with van der Waals surface area (Å²) in [6, 6.07) is 9.81. The number of nitrogens with zero attached hydrogens (tertiary/aromatic N) is 4. The van der Waals surface area contributed by atoms with E-state index >= 15 is 0 Å². The van der Waals surface area contributed by atoms with E-state index in [0.29, 0.717) is 24.8 Å². The fourth-order valence-corrected chi connectivity index (χ4v) is 3.90. The van der Waals surface area contributed by atoms with Crippen LogP contribution in [0, 0.1) is 12.8 Å². The lowest BCUT2D eigenvalue weighted by Gasteiger charge is -2.26. The zero-order valence-corrected chi connectivity index (χ0v) is 20.7. The van der Waals surface area contributed by atoms with Crippen LogP contribution in [-0.4, -0.2) is 64.0 Å². The SMILES string of the molecule is Cc1cccc(NC(=O)c2cc(-c3cnc(N4CCOCC4)nc3)cn2CC2CC2)c1.O=C(O)C(F)(F)F. The Bertz CT molecular complexity index is 1270. The second-order valence-corrected chi connectivity index (χ2v) is 9.21. The van der Waals surface area contributed by atoms with Crippen LogP contribution in [0.5, 0.6) is 0 Å². The third-order valence-corrected chi connectivity index (χ3v) is 6.06. The summed E-state index contributed by atoms with van der Waals surface area (Å²) in [5.41, 5.74) is 4.47. The molecule has 1 aromatic carbocycles. The number of hydrogen-bond acceptors (Lipinski definition) is 6. The molecule has 3 aromatic rings. The lowest BCUT2D eigenvalue weighted by molar-refractivity contribution is -0.192. The molecular formula is C26H28F3N5O4. The fourth-order valence-electron chi connectivity index (χ4n) is 3.90. The van der Waals surface area contributed by atoms with Crippen molar-refractivity contribution in [3.8, 4) is 11.1 Å². The van der Waals surface area contributed by atoms with Crippen LogP contribution in [-0.2, 0) is 16.1 Å². The molecule has 1 saturated carbocycles. The lowest BCUT2D eigenvalue weighted by atomic mass is 10.2. The number of anilines is 2. The average Bonchev–Trinajstić information content (AvgIpc) is 3.60. The first-order chi connectivity index (χ1) is 18.1. The Morgan fingerprint density at radius 2 is 1.76 bits per heavy atom. The van der Waals surface area contributed by atoms with Crippen LogP contribution in [0.25, 0.3) is 11.1 Å². The Morgan fingerprint density at radius 1 is 1.11 bits per heavy atom. The number of nitrogens with one attached hydrogen (secondary N) is 1. The molecule has 0 atom stereocenters. The monoisotopic (exact) mass is 531 g/mol. The third-order valence-electron chi connectivity index (χ3n) is 6.06. The molecule has 3 heterocycles. The van der Waals surface area contributed by atoms with Crippen molar-refractivity contribution in [1.29, 1.82) is 0 Å². The number of aromatic nitrogens is 3. The minimum absolute atomic E-state index is 0.0941.